The van der Waals surface area contributed by atoms with Crippen LogP contribution in [0.25, 0.3) is 11.1 Å². The van der Waals surface area contributed by atoms with E-state index < -0.39 is 5.54 Å². The van der Waals surface area contributed by atoms with Gasteiger partial charge in [-0.2, -0.15) is 0 Å². The summed E-state index contributed by atoms with van der Waals surface area (Å²) in [4.78, 5) is 29.1. The SMILES string of the molecule is CC1(C(=O)NC2CCCCC2)Cn2c(cc3occc32)C(=O)N1Cc1ccccc1Br. The number of furan rings is 1. The Balaban J connectivity index is 1.54. The third kappa shape index (κ3) is 3.49. The number of aromatic nitrogens is 1. The Labute approximate surface area is 189 Å². The number of nitrogens with zero attached hydrogens (tertiary/aromatic N) is 2. The lowest BCUT2D eigenvalue weighted by molar-refractivity contribution is -0.134. The topological polar surface area (TPSA) is 67.5 Å². The number of amides is 2. The summed E-state index contributed by atoms with van der Waals surface area (Å²) in [7, 11) is 0. The van der Waals surface area contributed by atoms with Gasteiger partial charge >= 0.3 is 0 Å². The molecular weight excluding hydrogens is 458 g/mol. The van der Waals surface area contributed by atoms with E-state index in [4.69, 9.17) is 4.42 Å². The van der Waals surface area contributed by atoms with Gasteiger partial charge in [0.05, 0.1) is 18.3 Å². The van der Waals surface area contributed by atoms with Gasteiger partial charge in [-0.1, -0.05) is 53.4 Å². The van der Waals surface area contributed by atoms with E-state index in [0.717, 1.165) is 41.2 Å². The zero-order valence-electron chi connectivity index (χ0n) is 17.6. The van der Waals surface area contributed by atoms with Crippen LogP contribution in [0.4, 0.5) is 0 Å². The van der Waals surface area contributed by atoms with E-state index in [2.05, 4.69) is 21.2 Å². The summed E-state index contributed by atoms with van der Waals surface area (Å²) >= 11 is 3.59. The maximum Gasteiger partial charge on any atom is 0.271 e. The molecule has 31 heavy (non-hydrogen) atoms. The number of carbonyl (C=O) groups excluding carboxylic acids is 2. The number of rotatable bonds is 4. The first-order valence-corrected chi connectivity index (χ1v) is 11.7. The van der Waals surface area contributed by atoms with Crippen LogP contribution < -0.4 is 5.32 Å². The Kier molecular flexibility index (Phi) is 5.16. The zero-order chi connectivity index (χ0) is 21.6. The Morgan fingerprint density at radius 3 is 2.77 bits per heavy atom. The van der Waals surface area contributed by atoms with E-state index in [1.807, 2.05) is 41.8 Å². The fourth-order valence-corrected chi connectivity index (χ4v) is 5.32. The maximum absolute atomic E-state index is 13.7. The Morgan fingerprint density at radius 2 is 2.00 bits per heavy atom. The molecule has 0 radical (unpaired) electrons. The number of halogens is 1. The molecule has 6 nitrogen and oxygen atoms in total. The van der Waals surface area contributed by atoms with Crippen LogP contribution in [0.1, 0.15) is 55.1 Å². The van der Waals surface area contributed by atoms with Gasteiger partial charge in [0.1, 0.15) is 11.2 Å². The van der Waals surface area contributed by atoms with Gasteiger partial charge in [0.25, 0.3) is 5.91 Å². The summed E-state index contributed by atoms with van der Waals surface area (Å²) in [6.45, 7) is 2.62. The fourth-order valence-electron chi connectivity index (χ4n) is 4.91. The zero-order valence-corrected chi connectivity index (χ0v) is 19.2. The van der Waals surface area contributed by atoms with Gasteiger partial charge in [-0.05, 0) is 31.4 Å². The lowest BCUT2D eigenvalue weighted by Gasteiger charge is -2.45. The molecule has 3 aromatic rings. The molecule has 2 aromatic heterocycles. The molecule has 1 unspecified atom stereocenters. The van der Waals surface area contributed by atoms with Crippen LogP contribution in [0.15, 0.2) is 51.6 Å². The van der Waals surface area contributed by atoms with Crippen LogP contribution in [0.5, 0.6) is 0 Å². The highest BCUT2D eigenvalue weighted by Gasteiger charge is 2.48. The predicted molar refractivity (Wildman–Crippen MR) is 122 cm³/mol. The van der Waals surface area contributed by atoms with Crippen molar-refractivity contribution in [1.29, 1.82) is 0 Å². The Morgan fingerprint density at radius 1 is 1.23 bits per heavy atom. The molecule has 2 amide bonds. The number of hydrogen-bond donors (Lipinski definition) is 1. The molecule has 162 valence electrons. The van der Waals surface area contributed by atoms with Crippen LogP contribution in [0.2, 0.25) is 0 Å². The first-order chi connectivity index (χ1) is 15.0. The predicted octanol–water partition coefficient (Wildman–Crippen LogP) is 4.86. The lowest BCUT2D eigenvalue weighted by Crippen LogP contribution is -2.64. The van der Waals surface area contributed by atoms with Crippen molar-refractivity contribution < 1.29 is 14.0 Å². The summed E-state index contributed by atoms with van der Waals surface area (Å²) in [6, 6.07) is 11.6. The van der Waals surface area contributed by atoms with Gasteiger partial charge in [-0.15, -0.1) is 0 Å². The molecule has 2 aliphatic rings. The van der Waals surface area contributed by atoms with Gasteiger partial charge in [0.2, 0.25) is 5.91 Å². The van der Waals surface area contributed by atoms with E-state index in [1.54, 1.807) is 17.2 Å². The van der Waals surface area contributed by atoms with E-state index in [-0.39, 0.29) is 17.9 Å². The molecule has 1 aromatic carbocycles. The average molecular weight is 484 g/mol. The third-order valence-corrected chi connectivity index (χ3v) is 7.54. The Bertz CT molecular complexity index is 1140. The maximum atomic E-state index is 13.7. The van der Waals surface area contributed by atoms with Crippen LogP contribution in [-0.4, -0.2) is 32.9 Å². The van der Waals surface area contributed by atoms with Gasteiger partial charge in [0.15, 0.2) is 5.58 Å². The van der Waals surface area contributed by atoms with Crippen molar-refractivity contribution in [2.75, 3.05) is 0 Å². The third-order valence-electron chi connectivity index (χ3n) is 6.76. The normalized spacial score (nSPS) is 22.0. The highest BCUT2D eigenvalue weighted by Crippen LogP contribution is 2.35. The molecule has 0 bridgehead atoms. The molecule has 1 aliphatic carbocycles. The summed E-state index contributed by atoms with van der Waals surface area (Å²) < 4.78 is 8.39. The molecule has 0 spiro atoms. The van der Waals surface area contributed by atoms with Crippen molar-refractivity contribution >= 4 is 38.8 Å². The first kappa shape index (κ1) is 20.4. The minimum absolute atomic E-state index is 0.0872. The number of benzene rings is 1. The van der Waals surface area contributed by atoms with Crippen LogP contribution >= 0.6 is 15.9 Å². The molecule has 5 rings (SSSR count). The number of hydrogen-bond acceptors (Lipinski definition) is 3. The molecule has 3 heterocycles. The molecule has 1 aliphatic heterocycles. The first-order valence-electron chi connectivity index (χ1n) is 10.9. The minimum Gasteiger partial charge on any atom is -0.463 e. The standard InChI is InChI=1S/C24H26BrN3O3/c1-24(23(30)26-17-8-3-2-4-9-17)15-27-19-11-12-31-21(19)13-20(27)22(29)28(24)14-16-7-5-6-10-18(16)25/h5-7,10-13,17H,2-4,8-9,14-15H2,1H3,(H,26,30). The van der Waals surface area contributed by atoms with E-state index in [1.165, 1.54) is 6.42 Å². The smallest absolute Gasteiger partial charge is 0.271 e. The minimum atomic E-state index is -1.01. The largest absolute Gasteiger partial charge is 0.463 e. The summed E-state index contributed by atoms with van der Waals surface area (Å²) in [5.74, 6) is -0.245. The second kappa shape index (κ2) is 7.86. The molecule has 0 saturated heterocycles. The summed E-state index contributed by atoms with van der Waals surface area (Å²) in [6.07, 6.45) is 7.12. The highest BCUT2D eigenvalue weighted by atomic mass is 79.9. The van der Waals surface area contributed by atoms with Gasteiger partial charge < -0.3 is 19.2 Å². The molecule has 1 N–H and O–H groups in total. The van der Waals surface area contributed by atoms with Crippen molar-refractivity contribution in [2.45, 2.75) is 63.7 Å². The van der Waals surface area contributed by atoms with E-state index in [0.29, 0.717) is 24.4 Å². The van der Waals surface area contributed by atoms with Gasteiger partial charge in [-0.3, -0.25) is 9.59 Å². The monoisotopic (exact) mass is 483 g/mol. The molecule has 7 heteroatoms. The van der Waals surface area contributed by atoms with Crippen molar-refractivity contribution in [3.63, 3.8) is 0 Å². The van der Waals surface area contributed by atoms with Crippen molar-refractivity contribution in [2.24, 2.45) is 0 Å². The summed E-state index contributed by atoms with van der Waals surface area (Å²) in [5, 5.41) is 3.26. The second-order valence-electron chi connectivity index (χ2n) is 8.85. The summed E-state index contributed by atoms with van der Waals surface area (Å²) in [5.41, 5.74) is 2.03. The lowest BCUT2D eigenvalue weighted by atomic mass is 9.91. The number of nitrogens with one attached hydrogen (secondary N) is 1. The van der Waals surface area contributed by atoms with Gasteiger partial charge in [-0.25, -0.2) is 0 Å². The molecule has 1 fully saturated rings. The van der Waals surface area contributed by atoms with E-state index in [9.17, 15) is 9.59 Å². The fraction of sp³-hybridized carbons (Fsp3) is 0.417. The van der Waals surface area contributed by atoms with Gasteiger partial charge in [0, 0.05) is 29.2 Å². The van der Waals surface area contributed by atoms with Crippen molar-refractivity contribution in [1.82, 2.24) is 14.8 Å². The van der Waals surface area contributed by atoms with Crippen molar-refractivity contribution in [3.05, 3.63) is 58.4 Å². The molecule has 1 saturated carbocycles. The van der Waals surface area contributed by atoms with Crippen LogP contribution in [-0.2, 0) is 17.9 Å². The number of fused-ring (bicyclic) bond motifs is 3. The van der Waals surface area contributed by atoms with Crippen LogP contribution in [0.3, 0.4) is 0 Å². The quantitative estimate of drug-likeness (QED) is 0.575. The average Bonchev–Trinajstić information content (AvgIpc) is 3.35. The second-order valence-corrected chi connectivity index (χ2v) is 9.71. The molecular formula is C24H26BrN3O3. The molecule has 1 atom stereocenters. The van der Waals surface area contributed by atoms with Crippen LogP contribution in [0, 0.1) is 0 Å². The highest BCUT2D eigenvalue weighted by molar-refractivity contribution is 9.10. The van der Waals surface area contributed by atoms with E-state index >= 15 is 0 Å². The number of carbonyl (C=O) groups is 2. The van der Waals surface area contributed by atoms with Crippen molar-refractivity contribution in [3.8, 4) is 0 Å². The Hall–Kier alpha value is -2.54.